The van der Waals surface area contributed by atoms with E-state index in [2.05, 4.69) is 4.74 Å². The molecule has 0 rings (SSSR count). The first-order valence-electron chi connectivity index (χ1n) is 3.69. The number of rotatable bonds is 2. The Bertz CT molecular complexity index is 230. The molecule has 3 nitrogen and oxygen atoms in total. The number of halogens is 2. The van der Waals surface area contributed by atoms with Gasteiger partial charge in [-0.1, -0.05) is 11.6 Å². The normalized spacial score (nSPS) is 16.2. The van der Waals surface area contributed by atoms with Crippen LogP contribution < -0.4 is 0 Å². The summed E-state index contributed by atoms with van der Waals surface area (Å²) in [5.74, 6) is -2.45. The van der Waals surface area contributed by atoms with Crippen molar-refractivity contribution in [1.82, 2.24) is 0 Å². The highest BCUT2D eigenvalue weighted by Crippen LogP contribution is 2.23. The lowest BCUT2D eigenvalue weighted by Gasteiger charge is -2.22. The van der Waals surface area contributed by atoms with Crippen LogP contribution in [0.1, 0.15) is 27.7 Å². The first-order chi connectivity index (χ1) is 5.57. The SMILES string of the molecule is CC(=O)[C@@](F)(Cl)C(=O)OC(C)(C)C. The van der Waals surface area contributed by atoms with Gasteiger partial charge in [-0.3, -0.25) is 4.79 Å². The monoisotopic (exact) mass is 210 g/mol. The average Bonchev–Trinajstić information content (AvgIpc) is 1.82. The summed E-state index contributed by atoms with van der Waals surface area (Å²) in [6.07, 6.45) is 0. The molecule has 0 aliphatic rings. The van der Waals surface area contributed by atoms with Crippen LogP contribution in [0.4, 0.5) is 4.39 Å². The fraction of sp³-hybridized carbons (Fsp3) is 0.750. The minimum atomic E-state index is -3.06. The molecular weight excluding hydrogens is 199 g/mol. The molecule has 0 amide bonds. The van der Waals surface area contributed by atoms with E-state index in [-0.39, 0.29) is 0 Å². The third kappa shape index (κ3) is 3.72. The molecule has 76 valence electrons. The second kappa shape index (κ2) is 3.62. The van der Waals surface area contributed by atoms with Crippen LogP contribution in [0.15, 0.2) is 0 Å². The van der Waals surface area contributed by atoms with Crippen molar-refractivity contribution in [3.63, 3.8) is 0 Å². The van der Waals surface area contributed by atoms with Gasteiger partial charge in [0, 0.05) is 0 Å². The molecule has 1 atom stereocenters. The number of alkyl halides is 2. The quantitative estimate of drug-likeness (QED) is 0.397. The Morgan fingerprint density at radius 2 is 1.69 bits per heavy atom. The van der Waals surface area contributed by atoms with Crippen LogP contribution in [0.3, 0.4) is 0 Å². The Labute approximate surface area is 81.2 Å². The molecule has 0 aromatic heterocycles. The first-order valence-corrected chi connectivity index (χ1v) is 4.07. The van der Waals surface area contributed by atoms with E-state index in [0.29, 0.717) is 0 Å². The Morgan fingerprint density at radius 1 is 1.31 bits per heavy atom. The number of ether oxygens (including phenoxy) is 1. The number of carbonyl (C=O) groups is 2. The summed E-state index contributed by atoms with van der Waals surface area (Å²) in [4.78, 5) is 21.6. The van der Waals surface area contributed by atoms with Crippen molar-refractivity contribution in [3.8, 4) is 0 Å². The van der Waals surface area contributed by atoms with Crippen molar-refractivity contribution in [2.45, 2.75) is 38.4 Å². The van der Waals surface area contributed by atoms with Gasteiger partial charge in [0.05, 0.1) is 0 Å². The molecular formula is C8H12ClFO3. The van der Waals surface area contributed by atoms with E-state index >= 15 is 0 Å². The average molecular weight is 211 g/mol. The third-order valence-corrected chi connectivity index (χ3v) is 1.52. The number of hydrogen-bond donors (Lipinski definition) is 0. The maximum atomic E-state index is 13.1. The molecule has 0 radical (unpaired) electrons. The van der Waals surface area contributed by atoms with Gasteiger partial charge in [0.2, 0.25) is 0 Å². The van der Waals surface area contributed by atoms with Crippen molar-refractivity contribution in [2.75, 3.05) is 0 Å². The minimum absolute atomic E-state index is 0.862. The van der Waals surface area contributed by atoms with Gasteiger partial charge in [0.1, 0.15) is 5.60 Å². The van der Waals surface area contributed by atoms with Gasteiger partial charge in [-0.25, -0.2) is 9.18 Å². The molecule has 5 heteroatoms. The Morgan fingerprint density at radius 3 is 1.92 bits per heavy atom. The van der Waals surface area contributed by atoms with Gasteiger partial charge in [0.15, 0.2) is 5.78 Å². The van der Waals surface area contributed by atoms with E-state index in [9.17, 15) is 14.0 Å². The summed E-state index contributed by atoms with van der Waals surface area (Å²) in [5.41, 5.74) is -0.862. The van der Waals surface area contributed by atoms with Gasteiger partial charge in [0.25, 0.3) is 0 Å². The van der Waals surface area contributed by atoms with Gasteiger partial charge in [-0.2, -0.15) is 0 Å². The van der Waals surface area contributed by atoms with Crippen LogP contribution in [0.2, 0.25) is 0 Å². The topological polar surface area (TPSA) is 43.4 Å². The predicted molar refractivity (Wildman–Crippen MR) is 46.2 cm³/mol. The zero-order chi connectivity index (χ0) is 10.9. The van der Waals surface area contributed by atoms with E-state index in [1.807, 2.05) is 0 Å². The first kappa shape index (κ1) is 12.4. The molecule has 0 fully saturated rings. The molecule has 0 saturated heterocycles. The molecule has 0 N–H and O–H groups in total. The minimum Gasteiger partial charge on any atom is -0.456 e. The van der Waals surface area contributed by atoms with Crippen molar-refractivity contribution in [1.29, 1.82) is 0 Å². The van der Waals surface area contributed by atoms with Crippen molar-refractivity contribution in [2.24, 2.45) is 0 Å². The highest BCUT2D eigenvalue weighted by atomic mass is 35.5. The summed E-state index contributed by atoms with van der Waals surface area (Å²) in [5, 5.41) is -3.06. The molecule has 0 spiro atoms. The van der Waals surface area contributed by atoms with Crippen molar-refractivity contribution < 1.29 is 18.7 Å². The lowest BCUT2D eigenvalue weighted by Crippen LogP contribution is -2.40. The Hall–Kier alpha value is -0.640. The van der Waals surface area contributed by atoms with E-state index < -0.39 is 22.5 Å². The Kier molecular flexibility index (Phi) is 3.44. The lowest BCUT2D eigenvalue weighted by atomic mass is 10.2. The van der Waals surface area contributed by atoms with Crippen LogP contribution in [-0.2, 0) is 14.3 Å². The standard InChI is InChI=1S/C8H12ClFO3/c1-5(11)8(9,10)6(12)13-7(2,3)4/h1-4H3/t8-/m0/s1. The summed E-state index contributed by atoms with van der Waals surface area (Å²) >= 11 is 5.04. The predicted octanol–water partition coefficient (Wildman–Crippen LogP) is 1.82. The van der Waals surface area contributed by atoms with Gasteiger partial charge in [-0.05, 0) is 27.7 Å². The highest BCUT2D eigenvalue weighted by Gasteiger charge is 2.45. The van der Waals surface area contributed by atoms with E-state index in [0.717, 1.165) is 6.92 Å². The fourth-order valence-corrected chi connectivity index (χ4v) is 0.524. The smallest absolute Gasteiger partial charge is 0.368 e. The van der Waals surface area contributed by atoms with E-state index in [1.165, 1.54) is 0 Å². The number of Topliss-reactive ketones (excluding diaryl/α,β-unsaturated/α-hetero) is 1. The second-order valence-corrected chi connectivity index (χ2v) is 4.15. The molecule has 13 heavy (non-hydrogen) atoms. The maximum Gasteiger partial charge on any atom is 0.368 e. The molecule has 0 bridgehead atoms. The molecule has 0 heterocycles. The van der Waals surface area contributed by atoms with Crippen molar-refractivity contribution >= 4 is 23.4 Å². The highest BCUT2D eigenvalue weighted by molar-refractivity contribution is 6.43. The summed E-state index contributed by atoms with van der Waals surface area (Å²) in [6.45, 7) is 5.55. The number of esters is 1. The van der Waals surface area contributed by atoms with E-state index in [1.54, 1.807) is 20.8 Å². The van der Waals surface area contributed by atoms with Crippen molar-refractivity contribution in [3.05, 3.63) is 0 Å². The Balaban J connectivity index is 4.53. The largest absolute Gasteiger partial charge is 0.456 e. The van der Waals surface area contributed by atoms with Crippen LogP contribution in [-0.4, -0.2) is 22.5 Å². The molecule has 0 unspecified atom stereocenters. The fourth-order valence-electron chi connectivity index (χ4n) is 0.486. The van der Waals surface area contributed by atoms with Gasteiger partial charge in [-0.15, -0.1) is 0 Å². The summed E-state index contributed by atoms with van der Waals surface area (Å²) in [6, 6.07) is 0. The molecule has 0 aliphatic heterocycles. The number of hydrogen-bond acceptors (Lipinski definition) is 3. The number of carbonyl (C=O) groups excluding carboxylic acids is 2. The van der Waals surface area contributed by atoms with Gasteiger partial charge < -0.3 is 4.74 Å². The number of ketones is 1. The van der Waals surface area contributed by atoms with Crippen LogP contribution in [0, 0.1) is 0 Å². The van der Waals surface area contributed by atoms with Gasteiger partial charge >= 0.3 is 11.1 Å². The van der Waals surface area contributed by atoms with Crippen LogP contribution in [0.25, 0.3) is 0 Å². The zero-order valence-electron chi connectivity index (χ0n) is 7.98. The maximum absolute atomic E-state index is 13.1. The third-order valence-electron chi connectivity index (χ3n) is 1.10. The van der Waals surface area contributed by atoms with Crippen LogP contribution in [0.5, 0.6) is 0 Å². The second-order valence-electron chi connectivity index (χ2n) is 3.63. The molecule has 0 aromatic carbocycles. The summed E-state index contributed by atoms with van der Waals surface area (Å²) in [7, 11) is 0. The van der Waals surface area contributed by atoms with E-state index in [4.69, 9.17) is 11.6 Å². The molecule has 0 saturated carbocycles. The lowest BCUT2D eigenvalue weighted by molar-refractivity contribution is -0.165. The summed E-state index contributed by atoms with van der Waals surface area (Å²) < 4.78 is 17.7. The molecule has 0 aromatic rings. The molecule has 0 aliphatic carbocycles. The zero-order valence-corrected chi connectivity index (χ0v) is 8.74. The van der Waals surface area contributed by atoms with Crippen LogP contribution >= 0.6 is 11.6 Å².